The first-order chi connectivity index (χ1) is 11.5. The van der Waals surface area contributed by atoms with Crippen LogP contribution < -0.4 is 0 Å². The molecule has 0 radical (unpaired) electrons. The zero-order valence-corrected chi connectivity index (χ0v) is 15.8. The van der Waals surface area contributed by atoms with Crippen molar-refractivity contribution in [1.82, 2.24) is 9.21 Å². The minimum absolute atomic E-state index is 0.0976. The number of rotatable bonds is 4. The van der Waals surface area contributed by atoms with Gasteiger partial charge < -0.3 is 4.90 Å². The van der Waals surface area contributed by atoms with Crippen LogP contribution in [0.25, 0.3) is 6.08 Å². The van der Waals surface area contributed by atoms with E-state index in [4.69, 9.17) is 11.6 Å². The van der Waals surface area contributed by atoms with Crippen LogP contribution in [0.2, 0.25) is 4.34 Å². The zero-order chi connectivity index (χ0) is 17.2. The predicted octanol–water partition coefficient (Wildman–Crippen LogP) is 3.01. The van der Waals surface area contributed by atoms with Gasteiger partial charge in [-0.25, -0.2) is 8.42 Å². The number of amides is 1. The summed E-state index contributed by atoms with van der Waals surface area (Å²) in [4.78, 5) is 14.9. The molecule has 0 bridgehead atoms. The molecule has 3 heterocycles. The van der Waals surface area contributed by atoms with Gasteiger partial charge in [-0.05, 0) is 29.7 Å². The predicted molar refractivity (Wildman–Crippen MR) is 98.0 cm³/mol. The van der Waals surface area contributed by atoms with Gasteiger partial charge in [-0.1, -0.05) is 17.7 Å². The zero-order valence-electron chi connectivity index (χ0n) is 12.6. The molecular weight excluding hydrogens is 388 g/mol. The smallest absolute Gasteiger partial charge is 0.252 e. The van der Waals surface area contributed by atoms with Gasteiger partial charge in [0.2, 0.25) is 5.91 Å². The number of piperazine rings is 1. The second-order valence-corrected chi connectivity index (χ2v) is 10.00. The molecule has 1 saturated heterocycles. The van der Waals surface area contributed by atoms with E-state index < -0.39 is 10.0 Å². The van der Waals surface area contributed by atoms with Crippen molar-refractivity contribution in [2.75, 3.05) is 26.2 Å². The number of sulfonamides is 1. The van der Waals surface area contributed by atoms with Crippen LogP contribution in [0.5, 0.6) is 0 Å². The van der Waals surface area contributed by atoms with Crippen LogP contribution in [-0.4, -0.2) is 49.7 Å². The lowest BCUT2D eigenvalue weighted by molar-refractivity contribution is -0.127. The van der Waals surface area contributed by atoms with Crippen LogP contribution in [-0.2, 0) is 14.8 Å². The van der Waals surface area contributed by atoms with Gasteiger partial charge in [-0.15, -0.1) is 22.7 Å². The van der Waals surface area contributed by atoms with Gasteiger partial charge >= 0.3 is 0 Å². The van der Waals surface area contributed by atoms with Crippen LogP contribution in [0.1, 0.15) is 4.88 Å². The van der Waals surface area contributed by atoms with E-state index in [1.54, 1.807) is 28.4 Å². The summed E-state index contributed by atoms with van der Waals surface area (Å²) in [7, 11) is -3.52. The molecule has 0 aliphatic carbocycles. The molecule has 0 aromatic carbocycles. The van der Waals surface area contributed by atoms with E-state index in [2.05, 4.69) is 0 Å². The van der Waals surface area contributed by atoms with Gasteiger partial charge in [0.05, 0.1) is 4.34 Å². The van der Waals surface area contributed by atoms with Crippen molar-refractivity contribution in [1.29, 1.82) is 0 Å². The van der Waals surface area contributed by atoms with Crippen LogP contribution in [0.15, 0.2) is 39.9 Å². The Balaban J connectivity index is 1.60. The van der Waals surface area contributed by atoms with E-state index in [-0.39, 0.29) is 23.2 Å². The molecule has 1 aliphatic rings. The summed E-state index contributed by atoms with van der Waals surface area (Å²) < 4.78 is 27.1. The molecule has 1 aliphatic heterocycles. The van der Waals surface area contributed by atoms with E-state index in [9.17, 15) is 13.2 Å². The largest absolute Gasteiger partial charge is 0.337 e. The van der Waals surface area contributed by atoms with Crippen molar-refractivity contribution in [2.24, 2.45) is 0 Å². The third-order valence-corrected chi connectivity index (χ3v) is 8.06. The fraction of sp³-hybridized carbons (Fsp3) is 0.267. The number of carbonyl (C=O) groups excluding carboxylic acids is 1. The van der Waals surface area contributed by atoms with Crippen molar-refractivity contribution in [3.8, 4) is 0 Å². The average molecular weight is 403 g/mol. The number of nitrogens with zero attached hydrogens (tertiary/aromatic N) is 2. The Labute approximate surface area is 153 Å². The first-order valence-electron chi connectivity index (χ1n) is 7.23. The van der Waals surface area contributed by atoms with Gasteiger partial charge in [0.1, 0.15) is 4.21 Å². The number of thiophene rings is 2. The molecule has 0 N–H and O–H groups in total. The van der Waals surface area contributed by atoms with Gasteiger partial charge in [0.15, 0.2) is 0 Å². The summed E-state index contributed by atoms with van der Waals surface area (Å²) in [5, 5.41) is 1.95. The Morgan fingerprint density at radius 2 is 1.92 bits per heavy atom. The SMILES string of the molecule is O=C(/C=C/c1cccs1)N1CCN(S(=O)(=O)c2ccc(Cl)s2)CC1. The summed E-state index contributed by atoms with van der Waals surface area (Å²) in [5.41, 5.74) is 0. The molecule has 2 aromatic heterocycles. The first-order valence-corrected chi connectivity index (χ1v) is 10.7. The molecule has 5 nitrogen and oxygen atoms in total. The molecule has 0 unspecified atom stereocenters. The fourth-order valence-electron chi connectivity index (χ4n) is 2.36. The highest BCUT2D eigenvalue weighted by Crippen LogP contribution is 2.28. The summed E-state index contributed by atoms with van der Waals surface area (Å²) in [5.74, 6) is -0.0976. The van der Waals surface area contributed by atoms with Crippen molar-refractivity contribution < 1.29 is 13.2 Å². The maximum absolute atomic E-state index is 12.5. The summed E-state index contributed by atoms with van der Waals surface area (Å²) in [6.45, 7) is 1.34. The molecule has 9 heteroatoms. The van der Waals surface area contributed by atoms with Crippen LogP contribution in [0, 0.1) is 0 Å². The second kappa shape index (κ2) is 7.37. The average Bonchev–Trinajstić information content (AvgIpc) is 3.24. The van der Waals surface area contributed by atoms with E-state index in [1.807, 2.05) is 17.5 Å². The Hall–Kier alpha value is -1.19. The number of hydrogen-bond acceptors (Lipinski definition) is 5. The van der Waals surface area contributed by atoms with Crippen LogP contribution >= 0.6 is 34.3 Å². The van der Waals surface area contributed by atoms with E-state index >= 15 is 0 Å². The van der Waals surface area contributed by atoms with Gasteiger partial charge in [-0.3, -0.25) is 4.79 Å². The Bertz CT molecular complexity index is 835. The van der Waals surface area contributed by atoms with Gasteiger partial charge in [-0.2, -0.15) is 4.31 Å². The molecule has 0 saturated carbocycles. The first kappa shape index (κ1) is 17.6. The van der Waals surface area contributed by atoms with Gasteiger partial charge in [0, 0.05) is 37.1 Å². The molecule has 24 heavy (non-hydrogen) atoms. The molecular formula is C15H15ClN2O3S3. The summed E-state index contributed by atoms with van der Waals surface area (Å²) in [6, 6.07) is 6.96. The Kier molecular flexibility index (Phi) is 5.41. The highest BCUT2D eigenvalue weighted by atomic mass is 35.5. The molecule has 2 aromatic rings. The molecule has 0 spiro atoms. The standard InChI is InChI=1S/C15H15ClN2O3S3/c16-13-4-6-15(23-13)24(20,21)18-9-7-17(8-10-18)14(19)5-3-12-2-1-11-22-12/h1-6,11H,7-10H2/b5-3+. The van der Waals surface area contributed by atoms with E-state index in [0.717, 1.165) is 16.2 Å². The molecule has 3 rings (SSSR count). The second-order valence-electron chi connectivity index (χ2n) is 5.14. The minimum atomic E-state index is -3.52. The van der Waals surface area contributed by atoms with Crippen molar-refractivity contribution >= 4 is 56.3 Å². The van der Waals surface area contributed by atoms with Crippen molar-refractivity contribution in [2.45, 2.75) is 4.21 Å². The Morgan fingerprint density at radius 3 is 2.50 bits per heavy atom. The number of halogens is 1. The molecule has 0 atom stereocenters. The summed E-state index contributed by atoms with van der Waals surface area (Å²) in [6.07, 6.45) is 3.32. The third kappa shape index (κ3) is 3.89. The quantitative estimate of drug-likeness (QED) is 0.738. The third-order valence-electron chi connectivity index (χ3n) is 3.63. The molecule has 1 amide bonds. The monoisotopic (exact) mass is 402 g/mol. The van der Waals surface area contributed by atoms with Crippen molar-refractivity contribution in [3.63, 3.8) is 0 Å². The number of hydrogen-bond donors (Lipinski definition) is 0. The molecule has 1 fully saturated rings. The fourth-order valence-corrected chi connectivity index (χ4v) is 6.03. The minimum Gasteiger partial charge on any atom is -0.337 e. The van der Waals surface area contributed by atoms with Gasteiger partial charge in [0.25, 0.3) is 10.0 Å². The normalized spacial score (nSPS) is 16.8. The summed E-state index contributed by atoms with van der Waals surface area (Å²) >= 11 is 8.43. The number of carbonyl (C=O) groups is 1. The highest BCUT2D eigenvalue weighted by molar-refractivity contribution is 7.91. The lowest BCUT2D eigenvalue weighted by Gasteiger charge is -2.33. The van der Waals surface area contributed by atoms with Crippen LogP contribution in [0.4, 0.5) is 0 Å². The van der Waals surface area contributed by atoms with Crippen molar-refractivity contribution in [3.05, 3.63) is 44.9 Å². The lowest BCUT2D eigenvalue weighted by atomic mass is 10.3. The van der Waals surface area contributed by atoms with E-state index in [1.165, 1.54) is 16.4 Å². The topological polar surface area (TPSA) is 57.7 Å². The molecule has 128 valence electrons. The maximum Gasteiger partial charge on any atom is 0.252 e. The Morgan fingerprint density at radius 1 is 1.17 bits per heavy atom. The van der Waals surface area contributed by atoms with E-state index in [0.29, 0.717) is 17.4 Å². The van der Waals surface area contributed by atoms with Crippen LogP contribution in [0.3, 0.4) is 0 Å². The highest BCUT2D eigenvalue weighted by Gasteiger charge is 2.30. The lowest BCUT2D eigenvalue weighted by Crippen LogP contribution is -2.50. The maximum atomic E-state index is 12.5.